The van der Waals surface area contributed by atoms with Gasteiger partial charge in [0, 0.05) is 12.8 Å². The number of rotatable bonds is 7. The lowest BCUT2D eigenvalue weighted by Crippen LogP contribution is -2.62. The molecule has 232 valence electrons. The van der Waals surface area contributed by atoms with Gasteiger partial charge < -0.3 is 4.74 Å². The van der Waals surface area contributed by atoms with E-state index < -0.39 is 0 Å². The minimum absolute atomic E-state index is 0.0654. The molecule has 0 N–H and O–H groups in total. The molecule has 43 heavy (non-hydrogen) atoms. The molecule has 6 rings (SSSR count). The van der Waals surface area contributed by atoms with Crippen molar-refractivity contribution in [1.29, 1.82) is 0 Å². The molecule has 4 aliphatic rings. The summed E-state index contributed by atoms with van der Waals surface area (Å²) >= 11 is 0. The van der Waals surface area contributed by atoms with E-state index in [2.05, 4.69) is 101 Å². The lowest BCUT2D eigenvalue weighted by Gasteiger charge is -2.65. The standard InChI is InChI=1S/C41H56O2/c1-7-32-37-26-27(2)22-24-41(37,6)36-23-25-40(5)34(20-21-35(40)38(36)39(32)43-29(4)42)28(3)18-19-33(30-14-10-8-11-15-30)31-16-12-9-13-17-31/h8-17,19,27-28,32,34-39H,7,18,20-26H2,1-6H3/t27-,28-,32-,34-,35?,36?,37+,38?,39-,40-,41-/m1/s1. The summed E-state index contributed by atoms with van der Waals surface area (Å²) in [5.41, 5.74) is 4.67. The highest BCUT2D eigenvalue weighted by Gasteiger charge is 2.65. The molecule has 4 aliphatic carbocycles. The van der Waals surface area contributed by atoms with Crippen molar-refractivity contribution in [2.24, 2.45) is 58.2 Å². The highest BCUT2D eigenvalue weighted by molar-refractivity contribution is 5.79. The van der Waals surface area contributed by atoms with Crippen molar-refractivity contribution in [3.8, 4) is 0 Å². The predicted molar refractivity (Wildman–Crippen MR) is 178 cm³/mol. The van der Waals surface area contributed by atoms with Crippen LogP contribution < -0.4 is 0 Å². The van der Waals surface area contributed by atoms with Crippen LogP contribution in [0.2, 0.25) is 0 Å². The second-order valence-corrected chi connectivity index (χ2v) is 15.7. The summed E-state index contributed by atoms with van der Waals surface area (Å²) in [6.45, 7) is 14.3. The number of ether oxygens (including phenoxy) is 1. The second-order valence-electron chi connectivity index (χ2n) is 15.7. The molecule has 0 amide bonds. The van der Waals surface area contributed by atoms with Gasteiger partial charge in [0.1, 0.15) is 6.10 Å². The first kappa shape index (κ1) is 30.7. The Hall–Kier alpha value is -2.35. The molecule has 11 atom stereocenters. The van der Waals surface area contributed by atoms with Crippen molar-refractivity contribution in [1.82, 2.24) is 0 Å². The van der Waals surface area contributed by atoms with Gasteiger partial charge in [0.05, 0.1) is 0 Å². The van der Waals surface area contributed by atoms with Crippen LogP contribution in [0.3, 0.4) is 0 Å². The molecular formula is C41H56O2. The molecule has 4 saturated carbocycles. The first-order chi connectivity index (χ1) is 20.7. The zero-order valence-corrected chi connectivity index (χ0v) is 27.7. The zero-order chi connectivity index (χ0) is 30.4. The predicted octanol–water partition coefficient (Wildman–Crippen LogP) is 10.6. The molecule has 2 aromatic carbocycles. The summed E-state index contributed by atoms with van der Waals surface area (Å²) in [4.78, 5) is 12.7. The first-order valence-electron chi connectivity index (χ1n) is 17.7. The topological polar surface area (TPSA) is 26.3 Å². The third-order valence-corrected chi connectivity index (χ3v) is 13.6. The van der Waals surface area contributed by atoms with Crippen LogP contribution in [-0.2, 0) is 9.53 Å². The van der Waals surface area contributed by atoms with Gasteiger partial charge in [-0.3, -0.25) is 4.79 Å². The maximum atomic E-state index is 12.7. The van der Waals surface area contributed by atoms with Crippen molar-refractivity contribution in [2.45, 2.75) is 105 Å². The van der Waals surface area contributed by atoms with E-state index in [-0.39, 0.29) is 12.1 Å². The number of benzene rings is 2. The fraction of sp³-hybridized carbons (Fsp3) is 0.634. The molecule has 2 aromatic rings. The Bertz CT molecular complexity index is 1240. The normalized spacial score (nSPS) is 39.1. The monoisotopic (exact) mass is 580 g/mol. The van der Waals surface area contributed by atoms with Gasteiger partial charge in [-0.2, -0.15) is 0 Å². The van der Waals surface area contributed by atoms with E-state index in [4.69, 9.17) is 4.74 Å². The number of fused-ring (bicyclic) bond motifs is 5. The number of hydrogen-bond acceptors (Lipinski definition) is 2. The van der Waals surface area contributed by atoms with Crippen LogP contribution in [0.5, 0.6) is 0 Å². The van der Waals surface area contributed by atoms with Gasteiger partial charge in [0.15, 0.2) is 0 Å². The van der Waals surface area contributed by atoms with E-state index in [0.717, 1.165) is 18.8 Å². The Kier molecular flexibility index (Phi) is 8.71. The number of carbonyl (C=O) groups excluding carboxylic acids is 1. The molecule has 0 bridgehead atoms. The van der Waals surface area contributed by atoms with Gasteiger partial charge in [0.2, 0.25) is 0 Å². The molecule has 3 unspecified atom stereocenters. The number of carbonyl (C=O) groups is 1. The number of hydrogen-bond donors (Lipinski definition) is 0. The Morgan fingerprint density at radius 2 is 1.49 bits per heavy atom. The zero-order valence-electron chi connectivity index (χ0n) is 27.7. The van der Waals surface area contributed by atoms with Gasteiger partial charge in [0.25, 0.3) is 0 Å². The summed E-state index contributed by atoms with van der Waals surface area (Å²) in [6.07, 6.45) is 14.1. The van der Waals surface area contributed by atoms with Crippen LogP contribution in [0.1, 0.15) is 110 Å². The first-order valence-corrected chi connectivity index (χ1v) is 17.7. The smallest absolute Gasteiger partial charge is 0.302 e. The molecule has 2 nitrogen and oxygen atoms in total. The summed E-state index contributed by atoms with van der Waals surface area (Å²) in [7, 11) is 0. The molecule has 0 saturated heterocycles. The lowest BCUT2D eigenvalue weighted by molar-refractivity contribution is -0.213. The Balaban J connectivity index is 1.29. The highest BCUT2D eigenvalue weighted by Crippen LogP contribution is 2.70. The molecule has 0 aliphatic heterocycles. The van der Waals surface area contributed by atoms with Crippen LogP contribution in [0.15, 0.2) is 66.7 Å². The van der Waals surface area contributed by atoms with E-state index in [1.54, 1.807) is 6.92 Å². The third kappa shape index (κ3) is 5.44. The lowest BCUT2D eigenvalue weighted by atomic mass is 9.41. The average molecular weight is 581 g/mol. The van der Waals surface area contributed by atoms with Crippen molar-refractivity contribution >= 4 is 11.5 Å². The summed E-state index contributed by atoms with van der Waals surface area (Å²) in [6, 6.07) is 21.8. The van der Waals surface area contributed by atoms with Gasteiger partial charge >= 0.3 is 5.97 Å². The van der Waals surface area contributed by atoms with Crippen LogP contribution >= 0.6 is 0 Å². The molecule has 0 radical (unpaired) electrons. The van der Waals surface area contributed by atoms with Crippen molar-refractivity contribution in [3.05, 3.63) is 77.9 Å². The Labute approximate surface area is 262 Å². The molecule has 0 aromatic heterocycles. The quantitative estimate of drug-likeness (QED) is 0.305. The highest BCUT2D eigenvalue weighted by atomic mass is 16.5. The Morgan fingerprint density at radius 1 is 0.884 bits per heavy atom. The van der Waals surface area contributed by atoms with Crippen LogP contribution in [0, 0.1) is 58.2 Å². The third-order valence-electron chi connectivity index (χ3n) is 13.6. The maximum absolute atomic E-state index is 12.7. The number of allylic oxidation sites excluding steroid dienone is 1. The van der Waals surface area contributed by atoms with Gasteiger partial charge in [-0.25, -0.2) is 0 Å². The van der Waals surface area contributed by atoms with E-state index in [0.29, 0.717) is 52.3 Å². The SMILES string of the molecule is CC[C@H]1[C@@H](OC(C)=O)C2C3CC[C@H]([C@H](C)CC=C(c4ccccc4)c4ccccc4)[C@@]3(C)CCC2[C@@]2(C)CC[C@@H](C)C[C@@H]12. The molecule has 0 spiro atoms. The van der Waals surface area contributed by atoms with Gasteiger partial charge in [-0.05, 0) is 120 Å². The van der Waals surface area contributed by atoms with E-state index in [9.17, 15) is 4.79 Å². The van der Waals surface area contributed by atoms with E-state index in [1.807, 2.05) is 0 Å². The maximum Gasteiger partial charge on any atom is 0.302 e. The van der Waals surface area contributed by atoms with Gasteiger partial charge in [-0.1, -0.05) is 108 Å². The van der Waals surface area contributed by atoms with Crippen molar-refractivity contribution in [2.75, 3.05) is 0 Å². The van der Waals surface area contributed by atoms with E-state index >= 15 is 0 Å². The second kappa shape index (κ2) is 12.2. The Morgan fingerprint density at radius 3 is 2.09 bits per heavy atom. The molecule has 2 heteroatoms. The van der Waals surface area contributed by atoms with Crippen molar-refractivity contribution in [3.63, 3.8) is 0 Å². The fourth-order valence-corrected chi connectivity index (χ4v) is 11.6. The van der Waals surface area contributed by atoms with Crippen molar-refractivity contribution < 1.29 is 9.53 Å². The summed E-state index contributed by atoms with van der Waals surface area (Å²) in [5, 5.41) is 0. The van der Waals surface area contributed by atoms with E-state index in [1.165, 1.54) is 61.6 Å². The largest absolute Gasteiger partial charge is 0.462 e. The molecule has 0 heterocycles. The molecule has 4 fully saturated rings. The minimum atomic E-state index is -0.0654. The fourth-order valence-electron chi connectivity index (χ4n) is 11.6. The van der Waals surface area contributed by atoms with Crippen LogP contribution in [0.25, 0.3) is 5.57 Å². The molecular weight excluding hydrogens is 524 g/mol. The summed E-state index contributed by atoms with van der Waals surface area (Å²) < 4.78 is 6.47. The minimum Gasteiger partial charge on any atom is -0.462 e. The number of esters is 1. The average Bonchev–Trinajstić information content (AvgIpc) is 3.36. The van der Waals surface area contributed by atoms with Crippen LogP contribution in [-0.4, -0.2) is 12.1 Å². The summed E-state index contributed by atoms with van der Waals surface area (Å²) in [5.74, 6) is 5.09. The van der Waals surface area contributed by atoms with Crippen LogP contribution in [0.4, 0.5) is 0 Å². The van der Waals surface area contributed by atoms with Gasteiger partial charge in [-0.15, -0.1) is 0 Å².